The Balaban J connectivity index is 1.49. The van der Waals surface area contributed by atoms with Crippen LogP contribution in [-0.2, 0) is 5.54 Å². The van der Waals surface area contributed by atoms with Gasteiger partial charge in [-0.1, -0.05) is 30.3 Å². The summed E-state index contributed by atoms with van der Waals surface area (Å²) in [4.78, 5) is 15.2. The number of nitrogens with zero attached hydrogens (tertiary/aromatic N) is 3. The van der Waals surface area contributed by atoms with Crippen molar-refractivity contribution in [3.05, 3.63) is 47.7 Å². The standard InChI is InChI=1S/C21H29N5O/c1-21(2)14-18(16-8-4-3-5-9-16)24-19-17(15-23-26(19)21)20(27)22-10-13-25-11-6-7-12-25/h3-5,8-9,15,18,24H,6-7,10-14H2,1-2H3,(H,22,27). The lowest BCUT2D eigenvalue weighted by Gasteiger charge is -2.38. The van der Waals surface area contributed by atoms with E-state index in [-0.39, 0.29) is 17.5 Å². The van der Waals surface area contributed by atoms with Gasteiger partial charge in [0, 0.05) is 13.1 Å². The summed E-state index contributed by atoms with van der Waals surface area (Å²) in [5.74, 6) is 0.770. The highest BCUT2D eigenvalue weighted by atomic mass is 16.1. The zero-order chi connectivity index (χ0) is 18.9. The average molecular weight is 367 g/mol. The number of likely N-dealkylation sites (tertiary alicyclic amines) is 1. The number of anilines is 1. The number of hydrogen-bond donors (Lipinski definition) is 2. The molecule has 0 aliphatic carbocycles. The summed E-state index contributed by atoms with van der Waals surface area (Å²) in [6, 6.07) is 10.6. The highest BCUT2D eigenvalue weighted by Crippen LogP contribution is 2.39. The van der Waals surface area contributed by atoms with Gasteiger partial charge < -0.3 is 15.5 Å². The second-order valence-corrected chi connectivity index (χ2v) is 8.25. The van der Waals surface area contributed by atoms with Crippen molar-refractivity contribution in [2.75, 3.05) is 31.5 Å². The molecular formula is C21H29N5O. The number of aromatic nitrogens is 2. The second-order valence-electron chi connectivity index (χ2n) is 8.25. The predicted molar refractivity (Wildman–Crippen MR) is 107 cm³/mol. The van der Waals surface area contributed by atoms with Crippen molar-refractivity contribution in [3.63, 3.8) is 0 Å². The Morgan fingerprint density at radius 2 is 2.00 bits per heavy atom. The van der Waals surface area contributed by atoms with Crippen LogP contribution in [0.15, 0.2) is 36.5 Å². The molecule has 4 rings (SSSR count). The zero-order valence-corrected chi connectivity index (χ0v) is 16.2. The molecule has 1 aromatic carbocycles. The highest BCUT2D eigenvalue weighted by Gasteiger charge is 2.36. The van der Waals surface area contributed by atoms with Gasteiger partial charge >= 0.3 is 0 Å². The van der Waals surface area contributed by atoms with Crippen molar-refractivity contribution in [2.45, 2.75) is 44.7 Å². The molecule has 6 heteroatoms. The van der Waals surface area contributed by atoms with E-state index in [0.29, 0.717) is 12.1 Å². The minimum Gasteiger partial charge on any atom is -0.363 e. The van der Waals surface area contributed by atoms with Gasteiger partial charge in [0.1, 0.15) is 11.4 Å². The first-order valence-electron chi connectivity index (χ1n) is 9.95. The van der Waals surface area contributed by atoms with E-state index < -0.39 is 0 Å². The quantitative estimate of drug-likeness (QED) is 0.853. The number of carbonyl (C=O) groups is 1. The molecule has 3 heterocycles. The lowest BCUT2D eigenvalue weighted by Crippen LogP contribution is -2.39. The summed E-state index contributed by atoms with van der Waals surface area (Å²) in [6.07, 6.45) is 5.15. The molecule has 27 heavy (non-hydrogen) atoms. The molecule has 144 valence electrons. The largest absolute Gasteiger partial charge is 0.363 e. The molecule has 0 spiro atoms. The van der Waals surface area contributed by atoms with Crippen LogP contribution in [0, 0.1) is 0 Å². The Hall–Kier alpha value is -2.34. The van der Waals surface area contributed by atoms with Crippen LogP contribution >= 0.6 is 0 Å². The molecule has 1 atom stereocenters. The zero-order valence-electron chi connectivity index (χ0n) is 16.2. The Morgan fingerprint density at radius 3 is 2.74 bits per heavy atom. The van der Waals surface area contributed by atoms with Crippen molar-refractivity contribution < 1.29 is 4.79 Å². The van der Waals surface area contributed by atoms with Crippen LogP contribution in [0.2, 0.25) is 0 Å². The summed E-state index contributed by atoms with van der Waals surface area (Å²) >= 11 is 0. The maximum atomic E-state index is 12.8. The van der Waals surface area contributed by atoms with Crippen molar-refractivity contribution >= 4 is 11.7 Å². The summed E-state index contributed by atoms with van der Waals surface area (Å²) in [5, 5.41) is 11.2. The number of hydrogen-bond acceptors (Lipinski definition) is 4. The molecule has 0 bridgehead atoms. The highest BCUT2D eigenvalue weighted by molar-refractivity contribution is 5.98. The maximum Gasteiger partial charge on any atom is 0.256 e. The van der Waals surface area contributed by atoms with Gasteiger partial charge in [-0.15, -0.1) is 0 Å². The van der Waals surface area contributed by atoms with Crippen LogP contribution in [0.4, 0.5) is 5.82 Å². The molecule has 1 fully saturated rings. The summed E-state index contributed by atoms with van der Waals surface area (Å²) in [6.45, 7) is 8.24. The molecule has 0 saturated carbocycles. The van der Waals surface area contributed by atoms with Gasteiger partial charge in [0.2, 0.25) is 0 Å². The molecule has 6 nitrogen and oxygen atoms in total. The van der Waals surface area contributed by atoms with E-state index in [1.807, 2.05) is 10.7 Å². The van der Waals surface area contributed by atoms with Gasteiger partial charge in [-0.25, -0.2) is 4.68 Å². The maximum absolute atomic E-state index is 12.8. The van der Waals surface area contributed by atoms with Gasteiger partial charge in [-0.3, -0.25) is 4.79 Å². The minimum absolute atomic E-state index is 0.0486. The number of amides is 1. The third-order valence-electron chi connectivity index (χ3n) is 5.72. The summed E-state index contributed by atoms with van der Waals surface area (Å²) in [7, 11) is 0. The molecular weight excluding hydrogens is 338 g/mol. The van der Waals surface area contributed by atoms with Crippen LogP contribution in [0.25, 0.3) is 0 Å². The summed E-state index contributed by atoms with van der Waals surface area (Å²) < 4.78 is 1.96. The van der Waals surface area contributed by atoms with Gasteiger partial charge in [0.05, 0.1) is 17.8 Å². The van der Waals surface area contributed by atoms with Crippen LogP contribution in [-0.4, -0.2) is 46.8 Å². The van der Waals surface area contributed by atoms with Crippen LogP contribution in [0.1, 0.15) is 55.1 Å². The number of fused-ring (bicyclic) bond motifs is 1. The number of nitrogens with one attached hydrogen (secondary N) is 2. The third-order valence-corrected chi connectivity index (χ3v) is 5.72. The van der Waals surface area contributed by atoms with Crippen molar-refractivity contribution in [1.82, 2.24) is 20.0 Å². The summed E-state index contributed by atoms with van der Waals surface area (Å²) in [5.41, 5.74) is 1.71. The van der Waals surface area contributed by atoms with Crippen molar-refractivity contribution in [1.29, 1.82) is 0 Å². The Morgan fingerprint density at radius 1 is 1.26 bits per heavy atom. The average Bonchev–Trinajstić information content (AvgIpc) is 3.32. The fraction of sp³-hybridized carbons (Fsp3) is 0.524. The first kappa shape index (κ1) is 18.0. The van der Waals surface area contributed by atoms with Gasteiger partial charge in [-0.2, -0.15) is 5.10 Å². The smallest absolute Gasteiger partial charge is 0.256 e. The van der Waals surface area contributed by atoms with Gasteiger partial charge in [0.15, 0.2) is 0 Å². The molecule has 2 N–H and O–H groups in total. The molecule has 1 aromatic heterocycles. The second kappa shape index (κ2) is 7.35. The molecule has 1 amide bonds. The van der Waals surface area contributed by atoms with Crippen molar-refractivity contribution in [2.24, 2.45) is 0 Å². The van der Waals surface area contributed by atoms with Crippen LogP contribution in [0.3, 0.4) is 0 Å². The van der Waals surface area contributed by atoms with E-state index in [2.05, 4.69) is 58.7 Å². The van der Waals surface area contributed by atoms with Crippen LogP contribution in [0.5, 0.6) is 0 Å². The van der Waals surface area contributed by atoms with Gasteiger partial charge in [-0.05, 0) is 51.8 Å². The van der Waals surface area contributed by atoms with E-state index in [0.717, 1.165) is 31.9 Å². The van der Waals surface area contributed by atoms with E-state index in [4.69, 9.17) is 0 Å². The Kier molecular flexibility index (Phi) is 4.91. The Labute approximate surface area is 160 Å². The van der Waals surface area contributed by atoms with E-state index >= 15 is 0 Å². The topological polar surface area (TPSA) is 62.2 Å². The SMILES string of the molecule is CC1(C)CC(c2ccccc2)Nc2c(C(=O)NCCN3CCCC3)cnn21. The normalized spacial score (nSPS) is 21.5. The predicted octanol–water partition coefficient (Wildman–Crippen LogP) is 3.00. The fourth-order valence-electron chi connectivity index (χ4n) is 4.23. The fourth-order valence-corrected chi connectivity index (χ4v) is 4.23. The molecule has 2 aliphatic heterocycles. The monoisotopic (exact) mass is 367 g/mol. The Bertz CT molecular complexity index is 792. The molecule has 0 radical (unpaired) electrons. The van der Waals surface area contributed by atoms with E-state index in [1.165, 1.54) is 18.4 Å². The van der Waals surface area contributed by atoms with Crippen LogP contribution < -0.4 is 10.6 Å². The third kappa shape index (κ3) is 3.72. The minimum atomic E-state index is -0.158. The number of rotatable bonds is 5. The molecule has 1 saturated heterocycles. The number of benzene rings is 1. The lowest BCUT2D eigenvalue weighted by atomic mass is 9.89. The van der Waals surface area contributed by atoms with Gasteiger partial charge in [0.25, 0.3) is 5.91 Å². The lowest BCUT2D eigenvalue weighted by molar-refractivity contribution is 0.0950. The van der Waals surface area contributed by atoms with E-state index in [9.17, 15) is 4.79 Å². The van der Waals surface area contributed by atoms with Crippen molar-refractivity contribution in [3.8, 4) is 0 Å². The first-order chi connectivity index (χ1) is 13.0. The molecule has 1 unspecified atom stereocenters. The van der Waals surface area contributed by atoms with E-state index in [1.54, 1.807) is 6.20 Å². The number of carbonyl (C=O) groups excluding carboxylic acids is 1. The molecule has 2 aliphatic rings. The first-order valence-corrected chi connectivity index (χ1v) is 9.95. The molecule has 2 aromatic rings.